The summed E-state index contributed by atoms with van der Waals surface area (Å²) in [5.41, 5.74) is 3.41. The van der Waals surface area contributed by atoms with Crippen molar-refractivity contribution in [3.8, 4) is 5.69 Å². The summed E-state index contributed by atoms with van der Waals surface area (Å²) in [7, 11) is 0. The Labute approximate surface area is 236 Å². The van der Waals surface area contributed by atoms with Gasteiger partial charge in [0.05, 0.1) is 16.8 Å². The third kappa shape index (κ3) is 6.01. The molecule has 1 saturated heterocycles. The number of halogens is 1. The molecule has 7 nitrogen and oxygen atoms in total. The highest BCUT2D eigenvalue weighted by Gasteiger charge is 2.27. The first kappa shape index (κ1) is 27.7. The van der Waals surface area contributed by atoms with Gasteiger partial charge in [0.15, 0.2) is 5.65 Å². The van der Waals surface area contributed by atoms with Crippen LogP contribution in [0.25, 0.3) is 16.7 Å². The first-order chi connectivity index (χ1) is 19.5. The summed E-state index contributed by atoms with van der Waals surface area (Å²) in [6.45, 7) is 9.20. The highest BCUT2D eigenvalue weighted by atomic mass is 19.1. The van der Waals surface area contributed by atoms with E-state index in [9.17, 15) is 9.18 Å². The lowest BCUT2D eigenvalue weighted by Gasteiger charge is -2.26. The molecule has 0 radical (unpaired) electrons. The number of carbonyl (C=O) groups excluding carboxylic acids is 1. The van der Waals surface area contributed by atoms with E-state index < -0.39 is 0 Å². The van der Waals surface area contributed by atoms with Crippen molar-refractivity contribution in [3.05, 3.63) is 77.5 Å². The van der Waals surface area contributed by atoms with Crippen LogP contribution in [-0.4, -0.2) is 56.7 Å². The third-order valence-electron chi connectivity index (χ3n) is 7.86. The van der Waals surface area contributed by atoms with E-state index in [1.807, 2.05) is 25.1 Å². The number of hydrogen-bond donors (Lipinski definition) is 0. The number of rotatable bonds is 9. The first-order valence-electron chi connectivity index (χ1n) is 14.6. The summed E-state index contributed by atoms with van der Waals surface area (Å²) in [5, 5.41) is 5.72. The van der Waals surface area contributed by atoms with Crippen LogP contribution in [-0.2, 0) is 11.2 Å². The van der Waals surface area contributed by atoms with E-state index in [-0.39, 0.29) is 17.6 Å². The molecule has 1 atom stereocenters. The van der Waals surface area contributed by atoms with Crippen molar-refractivity contribution in [2.75, 3.05) is 31.1 Å². The van der Waals surface area contributed by atoms with Crippen molar-refractivity contribution >= 4 is 22.8 Å². The van der Waals surface area contributed by atoms with Gasteiger partial charge in [-0.25, -0.2) is 19.0 Å². The zero-order chi connectivity index (χ0) is 28.1. The number of carbonyl (C=O) groups is 1. The van der Waals surface area contributed by atoms with Crippen LogP contribution in [0.4, 0.5) is 10.2 Å². The van der Waals surface area contributed by atoms with Crippen LogP contribution in [0.15, 0.2) is 54.6 Å². The lowest BCUT2D eigenvalue weighted by Crippen LogP contribution is -2.39. The number of amides is 1. The van der Waals surface area contributed by atoms with Crippen molar-refractivity contribution in [2.45, 2.75) is 59.3 Å². The normalized spacial score (nSPS) is 14.9. The molecular formula is C32H39FN6O. The maximum absolute atomic E-state index is 13.7. The molecule has 1 unspecified atom stereocenters. The minimum Gasteiger partial charge on any atom is -0.354 e. The summed E-state index contributed by atoms with van der Waals surface area (Å²) in [4.78, 5) is 27.8. The number of anilines is 1. The van der Waals surface area contributed by atoms with Gasteiger partial charge in [-0.05, 0) is 56.0 Å². The highest BCUT2D eigenvalue weighted by molar-refractivity contribution is 5.91. The largest absolute Gasteiger partial charge is 0.354 e. The fourth-order valence-electron chi connectivity index (χ4n) is 5.61. The molecule has 2 aromatic carbocycles. The maximum atomic E-state index is 13.7. The first-order valence-corrected chi connectivity index (χ1v) is 14.6. The Morgan fingerprint density at radius 1 is 0.975 bits per heavy atom. The van der Waals surface area contributed by atoms with E-state index in [1.165, 1.54) is 12.1 Å². The Balaban J connectivity index is 1.51. The Bertz CT molecular complexity index is 1440. The van der Waals surface area contributed by atoms with Crippen LogP contribution >= 0.6 is 0 Å². The standard InChI is InChI=1S/C32H39FN6O/c1-4-6-13-25(5-2)32(40)38-19-10-18-37(20-21-38)30-29-23(3)36-39(27-16-14-26(33)15-17-27)31(29)35-28(34-30)22-24-11-8-7-9-12-24/h7-9,11-12,14-17,25H,4-6,10,13,18-22H2,1-3H3. The van der Waals surface area contributed by atoms with Crippen molar-refractivity contribution in [3.63, 3.8) is 0 Å². The Hall–Kier alpha value is -3.81. The van der Waals surface area contributed by atoms with Crippen LogP contribution < -0.4 is 4.90 Å². The van der Waals surface area contributed by atoms with Crippen LogP contribution in [0.3, 0.4) is 0 Å². The minimum atomic E-state index is -0.291. The fraction of sp³-hybridized carbons (Fsp3) is 0.438. The zero-order valence-electron chi connectivity index (χ0n) is 23.8. The number of aromatic nitrogens is 4. The van der Waals surface area contributed by atoms with E-state index in [4.69, 9.17) is 15.1 Å². The molecule has 3 heterocycles. The monoisotopic (exact) mass is 542 g/mol. The molecule has 0 spiro atoms. The summed E-state index contributed by atoms with van der Waals surface area (Å²) >= 11 is 0. The highest BCUT2D eigenvalue weighted by Crippen LogP contribution is 2.30. The average molecular weight is 543 g/mol. The van der Waals surface area contributed by atoms with E-state index in [0.29, 0.717) is 31.0 Å². The van der Waals surface area contributed by atoms with Gasteiger partial charge in [-0.1, -0.05) is 57.0 Å². The molecule has 1 fully saturated rings. The van der Waals surface area contributed by atoms with E-state index >= 15 is 0 Å². The Morgan fingerprint density at radius 2 is 1.75 bits per heavy atom. The predicted molar refractivity (Wildman–Crippen MR) is 157 cm³/mol. The Morgan fingerprint density at radius 3 is 2.48 bits per heavy atom. The molecule has 210 valence electrons. The zero-order valence-corrected chi connectivity index (χ0v) is 23.8. The third-order valence-corrected chi connectivity index (χ3v) is 7.86. The van der Waals surface area contributed by atoms with Gasteiger partial charge in [-0.15, -0.1) is 0 Å². The van der Waals surface area contributed by atoms with Crippen LogP contribution in [0.5, 0.6) is 0 Å². The number of unbranched alkanes of at least 4 members (excludes halogenated alkanes) is 1. The molecule has 1 amide bonds. The lowest BCUT2D eigenvalue weighted by molar-refractivity contribution is -0.135. The quantitative estimate of drug-likeness (QED) is 0.255. The second-order valence-electron chi connectivity index (χ2n) is 10.7. The SMILES string of the molecule is CCCCC(CC)C(=O)N1CCCN(c2nc(Cc3ccccc3)nc3c2c(C)nn3-c2ccc(F)cc2)CC1. The lowest BCUT2D eigenvalue weighted by atomic mass is 9.97. The molecule has 1 aliphatic rings. The number of fused-ring (bicyclic) bond motifs is 1. The van der Waals surface area contributed by atoms with Gasteiger partial charge in [-0.2, -0.15) is 5.10 Å². The molecule has 0 aliphatic carbocycles. The molecule has 2 aromatic heterocycles. The topological polar surface area (TPSA) is 67.2 Å². The molecule has 0 bridgehead atoms. The van der Waals surface area contributed by atoms with Crippen molar-refractivity contribution < 1.29 is 9.18 Å². The van der Waals surface area contributed by atoms with Gasteiger partial charge in [0, 0.05) is 38.5 Å². The molecule has 40 heavy (non-hydrogen) atoms. The van der Waals surface area contributed by atoms with Gasteiger partial charge in [0.25, 0.3) is 0 Å². The van der Waals surface area contributed by atoms with Gasteiger partial charge in [-0.3, -0.25) is 4.79 Å². The van der Waals surface area contributed by atoms with Gasteiger partial charge in [0.2, 0.25) is 5.91 Å². The molecule has 0 saturated carbocycles. The van der Waals surface area contributed by atoms with Crippen molar-refractivity contribution in [2.24, 2.45) is 5.92 Å². The van der Waals surface area contributed by atoms with E-state index in [1.54, 1.807) is 16.8 Å². The number of hydrogen-bond acceptors (Lipinski definition) is 5. The number of aryl methyl sites for hydroxylation is 1. The number of nitrogens with zero attached hydrogens (tertiary/aromatic N) is 6. The average Bonchev–Trinajstić information content (AvgIpc) is 3.13. The smallest absolute Gasteiger partial charge is 0.225 e. The molecule has 1 aliphatic heterocycles. The molecule has 8 heteroatoms. The van der Waals surface area contributed by atoms with Crippen molar-refractivity contribution in [1.82, 2.24) is 24.6 Å². The van der Waals surface area contributed by atoms with E-state index in [0.717, 1.165) is 73.3 Å². The molecule has 5 rings (SSSR count). The van der Waals surface area contributed by atoms with Crippen LogP contribution in [0.1, 0.15) is 63.0 Å². The summed E-state index contributed by atoms with van der Waals surface area (Å²) in [5.74, 6) is 1.66. The van der Waals surface area contributed by atoms with Gasteiger partial charge < -0.3 is 9.80 Å². The number of benzene rings is 2. The maximum Gasteiger partial charge on any atom is 0.225 e. The summed E-state index contributed by atoms with van der Waals surface area (Å²) < 4.78 is 15.5. The van der Waals surface area contributed by atoms with Crippen LogP contribution in [0, 0.1) is 18.7 Å². The second-order valence-corrected chi connectivity index (χ2v) is 10.7. The molecular weight excluding hydrogens is 503 g/mol. The molecule has 4 aromatic rings. The predicted octanol–water partition coefficient (Wildman–Crippen LogP) is 6.11. The summed E-state index contributed by atoms with van der Waals surface area (Å²) in [6, 6.07) is 16.5. The van der Waals surface area contributed by atoms with Crippen LogP contribution in [0.2, 0.25) is 0 Å². The van der Waals surface area contributed by atoms with Crippen molar-refractivity contribution in [1.29, 1.82) is 0 Å². The summed E-state index contributed by atoms with van der Waals surface area (Å²) in [6.07, 6.45) is 5.51. The minimum absolute atomic E-state index is 0.103. The van der Waals surface area contributed by atoms with Gasteiger partial charge >= 0.3 is 0 Å². The molecule has 0 N–H and O–H groups in total. The Kier molecular flexibility index (Phi) is 8.72. The van der Waals surface area contributed by atoms with Gasteiger partial charge in [0.1, 0.15) is 17.5 Å². The van der Waals surface area contributed by atoms with E-state index in [2.05, 4.69) is 35.8 Å². The second kappa shape index (κ2) is 12.6. The fourth-order valence-corrected chi connectivity index (χ4v) is 5.61.